The van der Waals surface area contributed by atoms with Crippen LogP contribution >= 0.6 is 0 Å². The monoisotopic (exact) mass is 416 g/mol. The van der Waals surface area contributed by atoms with E-state index in [1.54, 1.807) is 18.2 Å². The van der Waals surface area contributed by atoms with Crippen molar-refractivity contribution in [3.63, 3.8) is 0 Å². The van der Waals surface area contributed by atoms with Crippen LogP contribution in [0.2, 0.25) is 0 Å². The Kier molecular flexibility index (Phi) is 7.23. The zero-order valence-electron chi connectivity index (χ0n) is 15.6. The van der Waals surface area contributed by atoms with Gasteiger partial charge in [0, 0.05) is 24.7 Å². The highest BCUT2D eigenvalue weighted by Crippen LogP contribution is 2.32. The van der Waals surface area contributed by atoms with Crippen LogP contribution in [-0.2, 0) is 16.0 Å². The van der Waals surface area contributed by atoms with Crippen molar-refractivity contribution in [1.29, 1.82) is 0 Å². The number of anilines is 1. The van der Waals surface area contributed by atoms with Gasteiger partial charge >= 0.3 is 18.1 Å². The third-order valence-electron chi connectivity index (χ3n) is 5.14. The maximum Gasteiger partial charge on any atom is 0.490 e. The van der Waals surface area contributed by atoms with Gasteiger partial charge in [0.15, 0.2) is 0 Å². The maximum atomic E-state index is 12.6. The summed E-state index contributed by atoms with van der Waals surface area (Å²) < 4.78 is 31.7. The van der Waals surface area contributed by atoms with Gasteiger partial charge in [0.2, 0.25) is 5.91 Å². The fourth-order valence-electron chi connectivity index (χ4n) is 3.64. The van der Waals surface area contributed by atoms with Crippen LogP contribution in [0, 0.1) is 5.92 Å². The Labute approximate surface area is 165 Å². The lowest BCUT2D eigenvalue weighted by Crippen LogP contribution is -2.38. The molecule has 1 aliphatic carbocycles. The van der Waals surface area contributed by atoms with Gasteiger partial charge in [-0.1, -0.05) is 6.42 Å². The van der Waals surface area contributed by atoms with Crippen LogP contribution < -0.4 is 10.6 Å². The van der Waals surface area contributed by atoms with Gasteiger partial charge in [0.05, 0.1) is 5.56 Å². The zero-order chi connectivity index (χ0) is 21.8. The Morgan fingerprint density at radius 1 is 1.14 bits per heavy atom. The molecule has 3 rings (SSSR count). The van der Waals surface area contributed by atoms with Crippen molar-refractivity contribution in [3.8, 4) is 0 Å². The Hall–Kier alpha value is -2.62. The molecule has 10 heteroatoms. The number of benzene rings is 1. The molecule has 29 heavy (non-hydrogen) atoms. The molecule has 0 spiro atoms. The number of carboxylic acid groups (broad SMARTS) is 2. The van der Waals surface area contributed by atoms with Crippen LogP contribution in [0.5, 0.6) is 0 Å². The average Bonchev–Trinajstić information content (AvgIpc) is 3.05. The van der Waals surface area contributed by atoms with Gasteiger partial charge in [0.1, 0.15) is 0 Å². The lowest BCUT2D eigenvalue weighted by molar-refractivity contribution is -0.192. The summed E-state index contributed by atoms with van der Waals surface area (Å²) in [6.07, 6.45) is 0.267. The number of nitrogens with zero attached hydrogens (tertiary/aromatic N) is 1. The molecule has 2 atom stereocenters. The van der Waals surface area contributed by atoms with Gasteiger partial charge in [-0.2, -0.15) is 13.2 Å². The summed E-state index contributed by atoms with van der Waals surface area (Å²) in [5.74, 6) is -3.28. The first-order valence-corrected chi connectivity index (χ1v) is 9.23. The molecule has 7 nitrogen and oxygen atoms in total. The summed E-state index contributed by atoms with van der Waals surface area (Å²) in [6, 6.07) is 5.18. The maximum absolute atomic E-state index is 12.6. The van der Waals surface area contributed by atoms with Gasteiger partial charge < -0.3 is 20.8 Å². The van der Waals surface area contributed by atoms with Crippen molar-refractivity contribution in [2.75, 3.05) is 11.4 Å². The number of carboxylic acids is 2. The molecule has 1 aliphatic heterocycles. The second-order valence-electron chi connectivity index (χ2n) is 7.16. The van der Waals surface area contributed by atoms with Gasteiger partial charge in [-0.25, -0.2) is 9.59 Å². The molecule has 4 N–H and O–H groups in total. The van der Waals surface area contributed by atoms with Gasteiger partial charge in [-0.05, 0) is 55.4 Å². The Balaban J connectivity index is 0.000000370. The van der Waals surface area contributed by atoms with Crippen LogP contribution in [-0.4, -0.2) is 46.8 Å². The number of aryl methyl sites for hydroxylation is 1. The Morgan fingerprint density at radius 2 is 1.79 bits per heavy atom. The van der Waals surface area contributed by atoms with Crippen molar-refractivity contribution in [2.24, 2.45) is 11.7 Å². The highest BCUT2D eigenvalue weighted by Gasteiger charge is 2.38. The topological polar surface area (TPSA) is 121 Å². The fraction of sp³-hybridized carbons (Fsp3) is 0.526. The number of hydrogen-bond acceptors (Lipinski definition) is 4. The molecule has 0 unspecified atom stereocenters. The number of carbonyl (C=O) groups excluding carboxylic acids is 1. The molecule has 1 saturated carbocycles. The van der Waals surface area contributed by atoms with Gasteiger partial charge in [0.25, 0.3) is 0 Å². The van der Waals surface area contributed by atoms with E-state index < -0.39 is 18.1 Å². The molecule has 0 aromatic heterocycles. The zero-order valence-corrected chi connectivity index (χ0v) is 15.6. The SMILES string of the molecule is N[C@@H]1CCC[C@H]1CC(=O)N1CCCc2cc(C(=O)O)ccc21.O=C(O)C(F)(F)F. The third-order valence-corrected chi connectivity index (χ3v) is 5.14. The van der Waals surface area contributed by atoms with Crippen molar-refractivity contribution >= 4 is 23.5 Å². The van der Waals surface area contributed by atoms with E-state index in [0.717, 1.165) is 43.4 Å². The van der Waals surface area contributed by atoms with Crippen LogP contribution in [0.3, 0.4) is 0 Å². The van der Waals surface area contributed by atoms with Crippen LogP contribution in [0.4, 0.5) is 18.9 Å². The second-order valence-corrected chi connectivity index (χ2v) is 7.16. The molecule has 1 heterocycles. The van der Waals surface area contributed by atoms with E-state index in [9.17, 15) is 22.8 Å². The van der Waals surface area contributed by atoms with E-state index in [1.807, 2.05) is 4.90 Å². The van der Waals surface area contributed by atoms with Gasteiger partial charge in [-0.15, -0.1) is 0 Å². The third kappa shape index (κ3) is 5.93. The summed E-state index contributed by atoms with van der Waals surface area (Å²) >= 11 is 0. The number of halogens is 3. The number of hydrogen-bond donors (Lipinski definition) is 3. The Morgan fingerprint density at radius 3 is 2.31 bits per heavy atom. The molecule has 2 aliphatic rings. The lowest BCUT2D eigenvalue weighted by Gasteiger charge is -2.31. The predicted molar refractivity (Wildman–Crippen MR) is 97.7 cm³/mol. The van der Waals surface area contributed by atoms with E-state index in [2.05, 4.69) is 0 Å². The van der Waals surface area contributed by atoms with Crippen LogP contribution in [0.15, 0.2) is 18.2 Å². The number of fused-ring (bicyclic) bond motifs is 1. The molecule has 0 radical (unpaired) electrons. The Bertz CT molecular complexity index is 782. The summed E-state index contributed by atoms with van der Waals surface area (Å²) in [7, 11) is 0. The van der Waals surface area contributed by atoms with E-state index >= 15 is 0 Å². The number of aliphatic carboxylic acids is 1. The minimum absolute atomic E-state index is 0.117. The second kappa shape index (κ2) is 9.25. The number of amides is 1. The summed E-state index contributed by atoms with van der Waals surface area (Å²) in [5.41, 5.74) is 8.17. The first-order chi connectivity index (χ1) is 13.5. The summed E-state index contributed by atoms with van der Waals surface area (Å²) in [5, 5.41) is 16.2. The summed E-state index contributed by atoms with van der Waals surface area (Å²) in [6.45, 7) is 0.709. The number of nitrogens with two attached hydrogens (primary N) is 1. The van der Waals surface area contributed by atoms with Crippen LogP contribution in [0.25, 0.3) is 0 Å². The minimum Gasteiger partial charge on any atom is -0.478 e. The van der Waals surface area contributed by atoms with Crippen molar-refractivity contribution in [2.45, 2.75) is 50.7 Å². The number of rotatable bonds is 3. The van der Waals surface area contributed by atoms with Gasteiger partial charge in [-0.3, -0.25) is 4.79 Å². The normalized spacial score (nSPS) is 21.0. The molecule has 1 aromatic carbocycles. The van der Waals surface area contributed by atoms with Crippen molar-refractivity contribution < 1.29 is 37.8 Å². The standard InChI is InChI=1S/C17H22N2O3.C2HF3O2/c18-14-5-1-3-11(14)10-16(20)19-8-2-4-12-9-13(17(21)22)6-7-15(12)19;3-2(4,5)1(6)7/h6-7,9,11,14H,1-5,8,10,18H2,(H,21,22);(H,6,7)/t11-,14+;/m0./s1. The first-order valence-electron chi connectivity index (χ1n) is 9.23. The number of aromatic carboxylic acids is 1. The molecule has 1 aromatic rings. The van der Waals surface area contributed by atoms with Crippen molar-refractivity contribution in [3.05, 3.63) is 29.3 Å². The van der Waals surface area contributed by atoms with E-state index in [1.165, 1.54) is 0 Å². The smallest absolute Gasteiger partial charge is 0.478 e. The minimum atomic E-state index is -5.08. The predicted octanol–water partition coefficient (Wildman–Crippen LogP) is 2.81. The quantitative estimate of drug-likeness (QED) is 0.697. The largest absolute Gasteiger partial charge is 0.490 e. The number of carbonyl (C=O) groups is 3. The molecular formula is C19H23F3N2O5. The molecule has 1 fully saturated rings. The van der Waals surface area contributed by atoms with E-state index in [4.69, 9.17) is 20.7 Å². The molecule has 0 saturated heterocycles. The van der Waals surface area contributed by atoms with Crippen molar-refractivity contribution in [1.82, 2.24) is 0 Å². The first kappa shape index (κ1) is 22.7. The fourth-order valence-corrected chi connectivity index (χ4v) is 3.64. The number of alkyl halides is 3. The van der Waals surface area contributed by atoms with E-state index in [0.29, 0.717) is 13.0 Å². The van der Waals surface area contributed by atoms with Crippen LogP contribution in [0.1, 0.15) is 48.0 Å². The highest BCUT2D eigenvalue weighted by atomic mass is 19.4. The summed E-state index contributed by atoms with van der Waals surface area (Å²) in [4.78, 5) is 34.4. The average molecular weight is 416 g/mol. The highest BCUT2D eigenvalue weighted by molar-refractivity contribution is 5.96. The molecule has 160 valence electrons. The lowest BCUT2D eigenvalue weighted by atomic mass is 9.96. The molecule has 0 bridgehead atoms. The molecule has 1 amide bonds. The van der Waals surface area contributed by atoms with E-state index in [-0.39, 0.29) is 23.4 Å². The molecular weight excluding hydrogens is 393 g/mol.